The molecule has 3 aromatic rings. The number of hydrogen-bond acceptors (Lipinski definition) is 5. The van der Waals surface area contributed by atoms with Crippen molar-refractivity contribution in [2.45, 2.75) is 25.2 Å². The van der Waals surface area contributed by atoms with Crippen LogP contribution in [0.25, 0.3) is 5.69 Å². The van der Waals surface area contributed by atoms with Gasteiger partial charge in [-0.1, -0.05) is 23.7 Å². The topological polar surface area (TPSA) is 93.0 Å². The van der Waals surface area contributed by atoms with Crippen LogP contribution < -0.4 is 5.32 Å². The highest BCUT2D eigenvalue weighted by molar-refractivity contribution is 6.30. The lowest BCUT2D eigenvalue weighted by Crippen LogP contribution is -2.40. The molecule has 166 valence electrons. The molecule has 0 bridgehead atoms. The molecule has 1 aromatic heterocycles. The van der Waals surface area contributed by atoms with Crippen LogP contribution in [0.15, 0.2) is 42.5 Å². The van der Waals surface area contributed by atoms with Gasteiger partial charge in [0.15, 0.2) is 5.82 Å². The van der Waals surface area contributed by atoms with Gasteiger partial charge in [0.25, 0.3) is 5.91 Å². The van der Waals surface area contributed by atoms with Gasteiger partial charge in [-0.15, -0.1) is 5.10 Å². The predicted octanol–water partition coefficient (Wildman–Crippen LogP) is 3.44. The van der Waals surface area contributed by atoms with Crippen molar-refractivity contribution in [3.05, 3.63) is 70.3 Å². The number of benzene rings is 2. The molecule has 1 fully saturated rings. The first kappa shape index (κ1) is 21.7. The van der Waals surface area contributed by atoms with E-state index in [2.05, 4.69) is 20.8 Å². The number of urea groups is 1. The molecule has 1 unspecified atom stereocenters. The van der Waals surface area contributed by atoms with E-state index in [0.717, 1.165) is 33.8 Å². The van der Waals surface area contributed by atoms with Gasteiger partial charge in [-0.05, 0) is 53.2 Å². The van der Waals surface area contributed by atoms with Gasteiger partial charge < -0.3 is 5.32 Å². The van der Waals surface area contributed by atoms with Crippen LogP contribution in [0, 0.1) is 5.82 Å². The molecule has 8 nitrogen and oxygen atoms in total. The highest BCUT2D eigenvalue weighted by atomic mass is 35.5. The summed E-state index contributed by atoms with van der Waals surface area (Å²) in [5.41, 5.74) is -2.68. The molecule has 1 aliphatic rings. The lowest BCUT2D eigenvalue weighted by molar-refractivity contribution is -0.137. The Morgan fingerprint density at radius 1 is 1.12 bits per heavy atom. The molecule has 1 saturated heterocycles. The summed E-state index contributed by atoms with van der Waals surface area (Å²) in [6.45, 7) is 0.929. The molecule has 1 atom stereocenters. The van der Waals surface area contributed by atoms with Crippen molar-refractivity contribution in [3.63, 3.8) is 0 Å². The Hall–Kier alpha value is -3.54. The van der Waals surface area contributed by atoms with Crippen LogP contribution >= 0.6 is 11.6 Å². The number of carbonyl (C=O) groups excluding carboxylic acids is 2. The Bertz CT molecular complexity index is 1210. The van der Waals surface area contributed by atoms with E-state index in [1.807, 2.05) is 0 Å². The van der Waals surface area contributed by atoms with Crippen molar-refractivity contribution in [2.24, 2.45) is 0 Å². The number of rotatable bonds is 4. The van der Waals surface area contributed by atoms with Crippen molar-refractivity contribution in [3.8, 4) is 5.69 Å². The fraction of sp³-hybridized carbons (Fsp3) is 0.211. The van der Waals surface area contributed by atoms with Crippen molar-refractivity contribution in [2.75, 3.05) is 0 Å². The first-order valence-electron chi connectivity index (χ1n) is 9.05. The monoisotopic (exact) mass is 468 g/mol. The molecule has 0 saturated carbocycles. The Morgan fingerprint density at radius 3 is 2.47 bits per heavy atom. The summed E-state index contributed by atoms with van der Waals surface area (Å²) in [4.78, 5) is 26.3. The second kappa shape index (κ2) is 7.55. The third-order valence-corrected chi connectivity index (χ3v) is 5.26. The number of nitrogens with one attached hydrogen (secondary N) is 1. The van der Waals surface area contributed by atoms with E-state index in [-0.39, 0.29) is 10.8 Å². The minimum Gasteiger partial charge on any atom is -0.319 e. The molecule has 2 heterocycles. The largest absolute Gasteiger partial charge is 0.418 e. The average Bonchev–Trinajstić information content (AvgIpc) is 3.26. The highest BCUT2D eigenvalue weighted by Crippen LogP contribution is 2.36. The molecule has 0 radical (unpaired) electrons. The Balaban J connectivity index is 1.68. The normalized spacial score (nSPS) is 18.9. The molecule has 0 spiro atoms. The molecule has 32 heavy (non-hydrogen) atoms. The zero-order chi connectivity index (χ0) is 23.3. The molecule has 3 amide bonds. The first-order valence-corrected chi connectivity index (χ1v) is 9.43. The van der Waals surface area contributed by atoms with Gasteiger partial charge in [-0.2, -0.15) is 17.9 Å². The predicted molar refractivity (Wildman–Crippen MR) is 102 cm³/mol. The third kappa shape index (κ3) is 3.66. The van der Waals surface area contributed by atoms with Gasteiger partial charge in [0.05, 0.1) is 17.8 Å². The van der Waals surface area contributed by atoms with Gasteiger partial charge in [0.1, 0.15) is 11.4 Å². The summed E-state index contributed by atoms with van der Waals surface area (Å²) < 4.78 is 54.5. The number of tetrazole rings is 1. The number of aromatic nitrogens is 4. The summed E-state index contributed by atoms with van der Waals surface area (Å²) in [5, 5.41) is 13.0. The SMILES string of the molecule is CC1(c2ccc(F)cc2)NC(=O)N(Cc2nnnn2-c2ccc(Cl)cc2C(F)(F)F)C1=O. The Labute approximate surface area is 182 Å². The number of alkyl halides is 3. The van der Waals surface area contributed by atoms with Gasteiger partial charge in [0.2, 0.25) is 0 Å². The molecule has 13 heteroatoms. The van der Waals surface area contributed by atoms with E-state index in [0.29, 0.717) is 5.56 Å². The summed E-state index contributed by atoms with van der Waals surface area (Å²) >= 11 is 5.71. The second-order valence-electron chi connectivity index (χ2n) is 7.12. The van der Waals surface area contributed by atoms with Crippen molar-refractivity contribution in [1.82, 2.24) is 30.4 Å². The zero-order valence-corrected chi connectivity index (χ0v) is 16.9. The van der Waals surface area contributed by atoms with E-state index in [1.165, 1.54) is 25.1 Å². The number of halogens is 5. The van der Waals surface area contributed by atoms with Crippen LogP contribution in [0.2, 0.25) is 5.02 Å². The number of carbonyl (C=O) groups is 2. The number of imide groups is 1. The minimum absolute atomic E-state index is 0.139. The quantitative estimate of drug-likeness (QED) is 0.468. The van der Waals surface area contributed by atoms with Crippen LogP contribution in [0.5, 0.6) is 0 Å². The molecule has 1 N–H and O–H groups in total. The van der Waals surface area contributed by atoms with Gasteiger partial charge >= 0.3 is 12.2 Å². The fourth-order valence-electron chi connectivity index (χ4n) is 3.37. The fourth-order valence-corrected chi connectivity index (χ4v) is 3.54. The average molecular weight is 469 g/mol. The molecular weight excluding hydrogens is 456 g/mol. The van der Waals surface area contributed by atoms with E-state index in [9.17, 15) is 27.2 Å². The first-order chi connectivity index (χ1) is 15.0. The van der Waals surface area contributed by atoms with E-state index in [1.54, 1.807) is 0 Å². The van der Waals surface area contributed by atoms with Crippen molar-refractivity contribution in [1.29, 1.82) is 0 Å². The number of hydrogen-bond donors (Lipinski definition) is 1. The van der Waals surface area contributed by atoms with Crippen LogP contribution in [0.4, 0.5) is 22.4 Å². The van der Waals surface area contributed by atoms with Gasteiger partial charge in [-0.25, -0.2) is 9.18 Å². The Morgan fingerprint density at radius 2 is 1.81 bits per heavy atom. The maximum absolute atomic E-state index is 13.5. The van der Waals surface area contributed by atoms with E-state index < -0.39 is 47.3 Å². The summed E-state index contributed by atoms with van der Waals surface area (Å²) in [6.07, 6.45) is -4.76. The summed E-state index contributed by atoms with van der Waals surface area (Å²) in [6, 6.07) is 7.22. The molecule has 4 rings (SSSR count). The van der Waals surface area contributed by atoms with Crippen LogP contribution in [0.1, 0.15) is 23.9 Å². The van der Waals surface area contributed by atoms with E-state index >= 15 is 0 Å². The van der Waals surface area contributed by atoms with Gasteiger partial charge in [-0.3, -0.25) is 9.69 Å². The maximum atomic E-state index is 13.5. The smallest absolute Gasteiger partial charge is 0.319 e. The van der Waals surface area contributed by atoms with Gasteiger partial charge in [0, 0.05) is 5.02 Å². The molecule has 2 aromatic carbocycles. The molecular formula is C19H13ClF4N6O2. The zero-order valence-electron chi connectivity index (χ0n) is 16.2. The number of amides is 3. The van der Waals surface area contributed by atoms with Crippen LogP contribution in [-0.4, -0.2) is 37.0 Å². The minimum atomic E-state index is -4.76. The molecule has 0 aliphatic carbocycles. The van der Waals surface area contributed by atoms with E-state index in [4.69, 9.17) is 11.6 Å². The number of nitrogens with zero attached hydrogens (tertiary/aromatic N) is 5. The van der Waals surface area contributed by atoms with Crippen molar-refractivity contribution < 1.29 is 27.2 Å². The van der Waals surface area contributed by atoms with Crippen molar-refractivity contribution >= 4 is 23.5 Å². The highest BCUT2D eigenvalue weighted by Gasteiger charge is 2.49. The maximum Gasteiger partial charge on any atom is 0.418 e. The third-order valence-electron chi connectivity index (χ3n) is 5.02. The lowest BCUT2D eigenvalue weighted by Gasteiger charge is -2.22. The lowest BCUT2D eigenvalue weighted by atomic mass is 9.92. The second-order valence-corrected chi connectivity index (χ2v) is 7.56. The van der Waals surface area contributed by atoms with Crippen LogP contribution in [0.3, 0.4) is 0 Å². The summed E-state index contributed by atoms with van der Waals surface area (Å²) in [7, 11) is 0. The molecule has 1 aliphatic heterocycles. The summed E-state index contributed by atoms with van der Waals surface area (Å²) in [5.74, 6) is -1.41. The Kier molecular flexibility index (Phi) is 5.12. The van der Waals surface area contributed by atoms with Crippen LogP contribution in [-0.2, 0) is 23.1 Å². The standard InChI is InChI=1S/C19H13ClF4N6O2/c1-18(10-2-5-12(21)6-3-10)16(31)29(17(32)25-18)9-15-26-27-28-30(15)14-7-4-11(20)8-13(14)19(22,23)24/h2-8H,9H2,1H3,(H,25,32).